The summed E-state index contributed by atoms with van der Waals surface area (Å²) in [6, 6.07) is 9.08. The molecule has 29 heavy (non-hydrogen) atoms. The van der Waals surface area contributed by atoms with E-state index in [1.807, 2.05) is 30.0 Å². The number of carbonyl (C=O) groups excluding carboxylic acids is 2. The molecule has 0 unspecified atom stereocenters. The summed E-state index contributed by atoms with van der Waals surface area (Å²) >= 11 is 0. The number of nitrogens with zero attached hydrogens (tertiary/aromatic N) is 5. The highest BCUT2D eigenvalue weighted by Gasteiger charge is 2.25. The first-order valence-corrected chi connectivity index (χ1v) is 9.57. The van der Waals surface area contributed by atoms with Crippen molar-refractivity contribution >= 4 is 11.8 Å². The molecule has 1 aromatic carbocycles. The lowest BCUT2D eigenvalue weighted by atomic mass is 10.0. The van der Waals surface area contributed by atoms with Gasteiger partial charge in [0.25, 0.3) is 11.8 Å². The van der Waals surface area contributed by atoms with E-state index in [2.05, 4.69) is 20.4 Å². The van der Waals surface area contributed by atoms with Crippen molar-refractivity contribution in [2.45, 2.75) is 25.8 Å². The molecule has 3 heterocycles. The van der Waals surface area contributed by atoms with Crippen molar-refractivity contribution in [1.82, 2.24) is 30.0 Å². The Morgan fingerprint density at radius 3 is 2.48 bits per heavy atom. The number of likely N-dealkylation sites (tertiary alicyclic amines) is 1. The van der Waals surface area contributed by atoms with Gasteiger partial charge in [0.15, 0.2) is 0 Å². The average Bonchev–Trinajstić information content (AvgIpc) is 3.29. The lowest BCUT2D eigenvalue weighted by molar-refractivity contribution is 0.0698. The molecule has 0 bridgehead atoms. The predicted molar refractivity (Wildman–Crippen MR) is 107 cm³/mol. The van der Waals surface area contributed by atoms with E-state index in [1.165, 1.54) is 6.33 Å². The maximum atomic E-state index is 12.7. The number of amides is 2. The summed E-state index contributed by atoms with van der Waals surface area (Å²) in [6.45, 7) is 3.15. The third-order valence-corrected chi connectivity index (χ3v) is 5.18. The highest BCUT2D eigenvalue weighted by atomic mass is 16.2. The van der Waals surface area contributed by atoms with Crippen LogP contribution in [0.4, 0.5) is 0 Å². The summed E-state index contributed by atoms with van der Waals surface area (Å²) in [6.07, 6.45) is 7.81. The van der Waals surface area contributed by atoms with Crippen LogP contribution in [0.25, 0.3) is 5.69 Å². The van der Waals surface area contributed by atoms with Crippen LogP contribution in [0.1, 0.15) is 39.1 Å². The largest absolute Gasteiger partial charge is 0.349 e. The summed E-state index contributed by atoms with van der Waals surface area (Å²) in [5.74, 6) is -0.0803. The van der Waals surface area contributed by atoms with Gasteiger partial charge in [0.05, 0.1) is 5.69 Å². The minimum atomic E-state index is -0.0912. The van der Waals surface area contributed by atoms with E-state index in [1.54, 1.807) is 35.5 Å². The van der Waals surface area contributed by atoms with Crippen molar-refractivity contribution in [2.24, 2.45) is 0 Å². The molecule has 2 amide bonds. The van der Waals surface area contributed by atoms with Crippen molar-refractivity contribution < 1.29 is 9.59 Å². The fraction of sp³-hybridized carbons (Fsp3) is 0.286. The minimum absolute atomic E-state index is 0.0109. The van der Waals surface area contributed by atoms with Crippen LogP contribution in [-0.4, -0.2) is 55.6 Å². The molecule has 1 saturated heterocycles. The highest BCUT2D eigenvalue weighted by Crippen LogP contribution is 2.17. The van der Waals surface area contributed by atoms with E-state index in [-0.39, 0.29) is 17.9 Å². The molecule has 0 saturated carbocycles. The fourth-order valence-electron chi connectivity index (χ4n) is 3.55. The van der Waals surface area contributed by atoms with Gasteiger partial charge in [-0.15, -0.1) is 0 Å². The Hall–Kier alpha value is -3.55. The zero-order chi connectivity index (χ0) is 20.2. The zero-order valence-corrected chi connectivity index (χ0v) is 16.2. The molecular formula is C21H22N6O2. The maximum absolute atomic E-state index is 12.7. The van der Waals surface area contributed by atoms with Gasteiger partial charge in [-0.05, 0) is 55.7 Å². The summed E-state index contributed by atoms with van der Waals surface area (Å²) in [7, 11) is 0. The lowest BCUT2D eigenvalue weighted by Gasteiger charge is -2.32. The van der Waals surface area contributed by atoms with Gasteiger partial charge in [-0.2, -0.15) is 5.10 Å². The van der Waals surface area contributed by atoms with Crippen molar-refractivity contribution in [3.8, 4) is 5.69 Å². The molecule has 8 heteroatoms. The molecule has 148 valence electrons. The second kappa shape index (κ2) is 8.22. The van der Waals surface area contributed by atoms with Gasteiger partial charge in [-0.3, -0.25) is 14.6 Å². The van der Waals surface area contributed by atoms with Crippen molar-refractivity contribution in [1.29, 1.82) is 0 Å². The molecule has 8 nitrogen and oxygen atoms in total. The number of aromatic nitrogens is 4. The second-order valence-corrected chi connectivity index (χ2v) is 7.12. The third kappa shape index (κ3) is 4.16. The third-order valence-electron chi connectivity index (χ3n) is 5.18. The van der Waals surface area contributed by atoms with Gasteiger partial charge in [0, 0.05) is 42.7 Å². The topological polar surface area (TPSA) is 93.0 Å². The zero-order valence-electron chi connectivity index (χ0n) is 16.2. The van der Waals surface area contributed by atoms with E-state index in [9.17, 15) is 9.59 Å². The van der Waals surface area contributed by atoms with Crippen molar-refractivity contribution in [3.05, 3.63) is 72.1 Å². The molecule has 1 N–H and O–H groups in total. The Morgan fingerprint density at radius 2 is 1.83 bits per heavy atom. The van der Waals surface area contributed by atoms with Crippen molar-refractivity contribution in [2.75, 3.05) is 13.1 Å². The molecule has 0 aliphatic carbocycles. The molecule has 1 aliphatic heterocycles. The average molecular weight is 390 g/mol. The maximum Gasteiger partial charge on any atom is 0.253 e. The molecule has 4 rings (SSSR count). The van der Waals surface area contributed by atoms with E-state index in [0.717, 1.165) is 24.1 Å². The molecule has 2 aromatic heterocycles. The number of pyridine rings is 1. The molecule has 0 atom stereocenters. The van der Waals surface area contributed by atoms with E-state index in [0.29, 0.717) is 24.2 Å². The first-order chi connectivity index (χ1) is 14.1. The molecule has 3 aromatic rings. The quantitative estimate of drug-likeness (QED) is 0.736. The molecule has 0 radical (unpaired) electrons. The number of benzene rings is 1. The fourth-order valence-corrected chi connectivity index (χ4v) is 3.55. The Labute approximate surface area is 168 Å². The summed E-state index contributed by atoms with van der Waals surface area (Å²) in [5.41, 5.74) is 3.02. The molecule has 0 spiro atoms. The summed E-state index contributed by atoms with van der Waals surface area (Å²) in [4.78, 5) is 35.0. The Kier molecular flexibility index (Phi) is 5.33. The van der Waals surface area contributed by atoms with Gasteiger partial charge in [-0.25, -0.2) is 9.67 Å². The molecular weight excluding hydrogens is 368 g/mol. The number of hydrogen-bond donors (Lipinski definition) is 1. The summed E-state index contributed by atoms with van der Waals surface area (Å²) in [5, 5.41) is 7.22. The Balaban J connectivity index is 1.35. The van der Waals surface area contributed by atoms with Crippen LogP contribution < -0.4 is 5.32 Å². The number of piperidine rings is 1. The van der Waals surface area contributed by atoms with Crippen LogP contribution in [0.5, 0.6) is 0 Å². The molecule has 1 fully saturated rings. The predicted octanol–water partition coefficient (Wildman–Crippen LogP) is 2.01. The minimum Gasteiger partial charge on any atom is -0.349 e. The first kappa shape index (κ1) is 18.8. The van der Waals surface area contributed by atoms with Gasteiger partial charge in [0.2, 0.25) is 0 Å². The van der Waals surface area contributed by atoms with Crippen LogP contribution >= 0.6 is 0 Å². The normalized spacial score (nSPS) is 14.6. The van der Waals surface area contributed by atoms with Crippen LogP contribution in [0, 0.1) is 6.92 Å². The van der Waals surface area contributed by atoms with Gasteiger partial charge >= 0.3 is 0 Å². The Bertz CT molecular complexity index is 995. The first-order valence-electron chi connectivity index (χ1n) is 9.57. The van der Waals surface area contributed by atoms with E-state index < -0.39 is 0 Å². The van der Waals surface area contributed by atoms with Gasteiger partial charge < -0.3 is 10.2 Å². The van der Waals surface area contributed by atoms with Gasteiger partial charge in [-0.1, -0.05) is 0 Å². The van der Waals surface area contributed by atoms with E-state index >= 15 is 0 Å². The number of aryl methyl sites for hydroxylation is 1. The molecule has 1 aliphatic rings. The lowest BCUT2D eigenvalue weighted by Crippen LogP contribution is -2.46. The highest BCUT2D eigenvalue weighted by molar-refractivity contribution is 5.96. The second-order valence-electron chi connectivity index (χ2n) is 7.12. The van der Waals surface area contributed by atoms with Crippen LogP contribution in [0.2, 0.25) is 0 Å². The number of carbonyl (C=O) groups is 2. The van der Waals surface area contributed by atoms with Crippen LogP contribution in [0.15, 0.2) is 55.4 Å². The van der Waals surface area contributed by atoms with Crippen LogP contribution in [0.3, 0.4) is 0 Å². The van der Waals surface area contributed by atoms with Crippen LogP contribution in [-0.2, 0) is 0 Å². The monoisotopic (exact) mass is 390 g/mol. The number of rotatable bonds is 4. The number of hydrogen-bond acceptors (Lipinski definition) is 5. The standard InChI is InChI=1S/C21H22N6O2/c1-15-12-18(27-14-23-13-24-27)2-3-19(15)20(28)25-17-6-10-26(11-7-17)21(29)16-4-8-22-9-5-16/h2-5,8-9,12-14,17H,6-7,10-11H2,1H3,(H,25,28). The smallest absolute Gasteiger partial charge is 0.253 e. The summed E-state index contributed by atoms with van der Waals surface area (Å²) < 4.78 is 1.66. The van der Waals surface area contributed by atoms with Gasteiger partial charge in [0.1, 0.15) is 12.7 Å². The van der Waals surface area contributed by atoms with Crippen molar-refractivity contribution in [3.63, 3.8) is 0 Å². The Morgan fingerprint density at radius 1 is 1.07 bits per heavy atom. The SMILES string of the molecule is Cc1cc(-n2cncn2)ccc1C(=O)NC1CCN(C(=O)c2ccncc2)CC1. The number of nitrogens with one attached hydrogen (secondary N) is 1. The van der Waals surface area contributed by atoms with E-state index in [4.69, 9.17) is 0 Å².